The maximum atomic E-state index is 8.13. The monoisotopic (exact) mass is 1440 g/mol. The minimum absolute atomic E-state index is 0.388. The molecule has 0 fully saturated rings. The molecule has 0 saturated carbocycles. The molecular weight excluding hydrogens is 1360 g/mol. The minimum atomic E-state index is -2.47. The molecule has 0 amide bonds. The SMILES string of the molecule is Cn1c2[n+](c3c1c1ccccc1n3-c1ccccc1)Cc1ccncc1-2.Cn1c2[n+](c3oc4ccccc4c31)Cc1ccncc1-2.Cn1c2[n+](c3sc4ccccc4c31)Cc1ccncc1-2.[2H]C([2H])([2H])n1c2[n+](c3c1c1ccccc1n3C([2H])([2H])[2H])Cc1ccncc1-2.[2H]C([2H])([2H])n1c2[n+](c3c1c1ccccc1n3C)Cc1ccncc1-2. The van der Waals surface area contributed by atoms with Crippen LogP contribution in [-0.2, 0) is 81.8 Å². The fraction of sp³-hybridized carbons (Fsp3) is 0.136. The van der Waals surface area contributed by atoms with E-state index in [1.807, 2.05) is 104 Å². The molecule has 26 rings (SSSR count). The fourth-order valence-corrected chi connectivity index (χ4v) is 19.2. The highest BCUT2D eigenvalue weighted by atomic mass is 32.1. The van der Waals surface area contributed by atoms with Crippen molar-refractivity contribution < 1.29 is 39.6 Å². The van der Waals surface area contributed by atoms with Gasteiger partial charge in [-0.1, -0.05) is 90.2 Å². The van der Waals surface area contributed by atoms with E-state index in [9.17, 15) is 0 Å². The lowest BCUT2D eigenvalue weighted by molar-refractivity contribution is -0.652. The van der Waals surface area contributed by atoms with Crippen molar-refractivity contribution in [2.24, 2.45) is 49.1 Å². The van der Waals surface area contributed by atoms with Gasteiger partial charge in [0, 0.05) is 99.9 Å². The number of aryl methyl sites for hydroxylation is 7. The fourth-order valence-electron chi connectivity index (χ4n) is 18.0. The number of fused-ring (bicyclic) bond motifs is 35. The molecule has 0 saturated heterocycles. The van der Waals surface area contributed by atoms with Crippen molar-refractivity contribution >= 4 is 120 Å². The molecule has 0 radical (unpaired) electrons. The average molecular weight is 1440 g/mol. The number of pyridine rings is 5. The Morgan fingerprint density at radius 3 is 1.26 bits per heavy atom. The maximum absolute atomic E-state index is 8.13. The van der Waals surface area contributed by atoms with Crippen molar-refractivity contribution in [3.63, 3.8) is 0 Å². The van der Waals surface area contributed by atoms with Crippen molar-refractivity contribution in [3.05, 3.63) is 272 Å². The first-order chi connectivity index (χ1) is 56.7. The van der Waals surface area contributed by atoms with Crippen LogP contribution in [-0.4, -0.2) is 61.5 Å². The van der Waals surface area contributed by atoms with Crippen molar-refractivity contribution in [3.8, 4) is 62.6 Å². The number of thiophene rings is 1. The van der Waals surface area contributed by atoms with E-state index in [1.54, 1.807) is 53.6 Å². The van der Waals surface area contributed by atoms with Crippen LogP contribution < -0.4 is 22.8 Å². The van der Waals surface area contributed by atoms with Gasteiger partial charge in [-0.25, -0.2) is 32.0 Å². The molecule has 0 aliphatic carbocycles. The molecule has 19 nitrogen and oxygen atoms in total. The average Bonchev–Trinajstić information content (AvgIpc) is 1.54. The van der Waals surface area contributed by atoms with Crippen LogP contribution in [0, 0.1) is 0 Å². The number of para-hydroxylation sites is 5. The van der Waals surface area contributed by atoms with Gasteiger partial charge in [0.15, 0.2) is 22.1 Å². The minimum Gasteiger partial charge on any atom is -0.419 e. The van der Waals surface area contributed by atoms with E-state index in [2.05, 4.69) is 196 Å². The molecule has 0 unspecified atom stereocenters. The van der Waals surface area contributed by atoms with Gasteiger partial charge in [-0.2, -0.15) is 4.57 Å². The Morgan fingerprint density at radius 1 is 0.333 bits per heavy atom. The van der Waals surface area contributed by atoms with E-state index in [0.29, 0.717) is 52.4 Å². The van der Waals surface area contributed by atoms with E-state index < -0.39 is 20.9 Å². The second kappa shape index (κ2) is 23.3. The molecule has 108 heavy (non-hydrogen) atoms. The van der Waals surface area contributed by atoms with E-state index in [4.69, 9.17) is 16.8 Å². The van der Waals surface area contributed by atoms with Crippen LogP contribution in [0.1, 0.15) is 40.2 Å². The quantitative estimate of drug-likeness (QED) is 0.150. The van der Waals surface area contributed by atoms with E-state index in [1.165, 1.54) is 113 Å². The van der Waals surface area contributed by atoms with Crippen LogP contribution in [0.3, 0.4) is 0 Å². The van der Waals surface area contributed by atoms with Crippen molar-refractivity contribution in [2.75, 3.05) is 0 Å². The molecule has 0 spiro atoms. The zero-order valence-corrected chi connectivity index (χ0v) is 59.8. The third-order valence-corrected chi connectivity index (χ3v) is 23.8. The zero-order valence-electron chi connectivity index (χ0n) is 68.0. The summed E-state index contributed by atoms with van der Waals surface area (Å²) in [5.74, 6) is 4.86. The standard InChI is InChI=1S/C22H17N4.2C17H15N4.C16H12N3O.C16H12N3S/c1-24-20-17-9-5-6-10-19(17)26(16-7-3-2-4-8-16)22(20)25-14-15-11-12-23-13-18(15)21(24)25;2*1-19-14-6-4-3-5-12(14)15-17(19)21-10-11-7-8-18-9-13(11)16(21)20(15)2;2*1-18-14-11-4-2-3-5-13(11)20-16(14)19-9-10-6-7-17-8-12(10)15(18)19/h2-13H,14H2,1H3;2*3-9H,10H2,1-2H3;2*2-8H,9H2,1H3/q5*+1/i;1D3,2D3;2D3;;. The first-order valence-electron chi connectivity index (χ1n) is 40.3. The molecule has 21 aromatic rings. The van der Waals surface area contributed by atoms with Gasteiger partial charge in [0.05, 0.1) is 130 Å². The molecular formula is C88H71N18OS+5. The Labute approximate surface area is 634 Å². The van der Waals surface area contributed by atoms with Gasteiger partial charge in [0.2, 0.25) is 27.8 Å². The van der Waals surface area contributed by atoms with E-state index >= 15 is 0 Å². The molecule has 5 aliphatic rings. The summed E-state index contributed by atoms with van der Waals surface area (Å²) in [4.78, 5) is 22.6. The van der Waals surface area contributed by atoms with Gasteiger partial charge in [0.25, 0.3) is 28.6 Å². The Bertz CT molecular complexity index is 7620. The molecule has 520 valence electrons. The molecule has 15 aromatic heterocycles. The number of furan rings is 1. The Kier molecular flexibility index (Phi) is 11.5. The second-order valence-electron chi connectivity index (χ2n) is 28.2. The van der Waals surface area contributed by atoms with E-state index in [0.717, 1.165) is 80.6 Å². The number of hydrogen-bond donors (Lipinski definition) is 0. The van der Waals surface area contributed by atoms with Crippen LogP contribution in [0.4, 0.5) is 0 Å². The van der Waals surface area contributed by atoms with E-state index in [-0.39, 0.29) is 0 Å². The summed E-state index contributed by atoms with van der Waals surface area (Å²) in [7, 11) is 8.41. The molecule has 6 aromatic carbocycles. The molecule has 20 heteroatoms. The molecule has 0 bridgehead atoms. The van der Waals surface area contributed by atoms with Gasteiger partial charge in [-0.3, -0.25) is 47.8 Å². The summed E-state index contributed by atoms with van der Waals surface area (Å²) in [6.45, 7) is -3.43. The lowest BCUT2D eigenvalue weighted by Gasteiger charge is -2.03. The van der Waals surface area contributed by atoms with Gasteiger partial charge in [0.1, 0.15) is 40.9 Å². The molecule has 5 aliphatic heterocycles. The third kappa shape index (κ3) is 8.59. The lowest BCUT2D eigenvalue weighted by Crippen LogP contribution is -2.33. The zero-order chi connectivity index (χ0) is 79.6. The van der Waals surface area contributed by atoms with Crippen LogP contribution in [0.15, 0.2) is 248 Å². The predicted molar refractivity (Wildman–Crippen MR) is 422 cm³/mol. The highest BCUT2D eigenvalue weighted by molar-refractivity contribution is 7.25. The number of imidazole rings is 5. The molecule has 20 heterocycles. The maximum Gasteiger partial charge on any atom is 0.339 e. The third-order valence-electron chi connectivity index (χ3n) is 22.6. The summed E-state index contributed by atoms with van der Waals surface area (Å²) in [5, 5.41) is 5.35. The Balaban J connectivity index is 0.0000000889. The largest absolute Gasteiger partial charge is 0.419 e. The van der Waals surface area contributed by atoms with Crippen LogP contribution in [0.2, 0.25) is 0 Å². The number of aromatic nitrogens is 18. The smallest absolute Gasteiger partial charge is 0.339 e. The normalized spacial score (nSPS) is 14.5. The topological polar surface area (TPSA) is 136 Å². The lowest BCUT2D eigenvalue weighted by atomic mass is 10.2. The summed E-state index contributed by atoms with van der Waals surface area (Å²) < 4.78 is 107. The Hall–Kier alpha value is -13.5. The van der Waals surface area contributed by atoms with Crippen molar-refractivity contribution in [1.29, 1.82) is 0 Å². The number of benzene rings is 6. The second-order valence-corrected chi connectivity index (χ2v) is 29.2. The van der Waals surface area contributed by atoms with Crippen molar-refractivity contribution in [1.82, 2.24) is 61.5 Å². The summed E-state index contributed by atoms with van der Waals surface area (Å²) in [6, 6.07) is 61.2. The summed E-state index contributed by atoms with van der Waals surface area (Å²) >= 11 is 1.88. The van der Waals surface area contributed by atoms with Gasteiger partial charge in [-0.15, -0.1) is 0 Å². The highest BCUT2D eigenvalue weighted by Crippen LogP contribution is 2.42. The van der Waals surface area contributed by atoms with Crippen LogP contribution in [0.25, 0.3) is 171 Å². The number of nitrogens with zero attached hydrogens (tertiary/aromatic N) is 18. The van der Waals surface area contributed by atoms with Gasteiger partial charge < -0.3 is 4.42 Å². The molecule has 0 N–H and O–H groups in total. The summed E-state index contributed by atoms with van der Waals surface area (Å²) in [6.07, 6.45) is 18.3. The van der Waals surface area contributed by atoms with Gasteiger partial charge in [-0.05, 0) is 103 Å². The first kappa shape index (κ1) is 53.3. The summed E-state index contributed by atoms with van der Waals surface area (Å²) in [5.41, 5.74) is 24.7. The number of rotatable bonds is 1. The first-order valence-corrected chi connectivity index (χ1v) is 36.7. The Morgan fingerprint density at radius 2 is 0.713 bits per heavy atom. The van der Waals surface area contributed by atoms with Crippen LogP contribution >= 0.6 is 11.3 Å². The number of hydrogen-bond acceptors (Lipinski definition) is 7. The van der Waals surface area contributed by atoms with Crippen LogP contribution in [0.5, 0.6) is 0 Å². The van der Waals surface area contributed by atoms with Gasteiger partial charge >= 0.3 is 5.71 Å². The molecule has 0 atom stereocenters. The predicted octanol–water partition coefficient (Wildman–Crippen LogP) is 14.3. The highest BCUT2D eigenvalue weighted by Gasteiger charge is 2.41. The van der Waals surface area contributed by atoms with Crippen molar-refractivity contribution in [2.45, 2.75) is 32.7 Å².